The van der Waals surface area contributed by atoms with Crippen LogP contribution in [0.5, 0.6) is 0 Å². The van der Waals surface area contributed by atoms with E-state index in [0.717, 1.165) is 0 Å². The Morgan fingerprint density at radius 2 is 2.00 bits per heavy atom. The van der Waals surface area contributed by atoms with Crippen LogP contribution in [0, 0.1) is 11.3 Å². The lowest BCUT2D eigenvalue weighted by atomic mass is 10.2. The molecule has 7 heteroatoms. The average Bonchev–Trinajstić information content (AvgIpc) is 2.17. The largest absolute Gasteiger partial charge is 0.306 e. The summed E-state index contributed by atoms with van der Waals surface area (Å²) in [5.41, 5.74) is 3.75. The molecule has 15 heavy (non-hydrogen) atoms. The molecular formula is C8H7N3O3S. The molecule has 1 rings (SSSR count). The van der Waals surface area contributed by atoms with E-state index in [-0.39, 0.29) is 0 Å². The van der Waals surface area contributed by atoms with Crippen LogP contribution in [0.15, 0.2) is 29.4 Å². The lowest BCUT2D eigenvalue weighted by molar-refractivity contribution is 0.499. The second kappa shape index (κ2) is 4.54. The minimum Gasteiger partial charge on any atom is -0.281 e. The highest BCUT2D eigenvalue weighted by molar-refractivity contribution is 7.99. The molecule has 0 saturated carbocycles. The summed E-state index contributed by atoms with van der Waals surface area (Å²) in [5, 5.41) is 11.8. The van der Waals surface area contributed by atoms with Gasteiger partial charge in [-0.1, -0.05) is 0 Å². The summed E-state index contributed by atoms with van der Waals surface area (Å²) in [6.07, 6.45) is 0. The summed E-state index contributed by atoms with van der Waals surface area (Å²) < 4.78 is 28.8. The molecule has 0 bridgehead atoms. The summed E-state index contributed by atoms with van der Waals surface area (Å²) >= 11 is 0. The molecule has 0 aliphatic rings. The molecule has 0 fully saturated rings. The molecule has 0 unspecified atom stereocenters. The third-order valence-corrected chi connectivity index (χ3v) is 1.77. The van der Waals surface area contributed by atoms with Crippen LogP contribution in [0.1, 0.15) is 5.56 Å². The maximum absolute atomic E-state index is 10.2. The fourth-order valence-electron chi connectivity index (χ4n) is 0.787. The van der Waals surface area contributed by atoms with Crippen molar-refractivity contribution in [2.75, 3.05) is 5.43 Å². The Morgan fingerprint density at radius 1 is 1.40 bits per heavy atom. The Hall–Kier alpha value is -1.91. The Balaban J connectivity index is 2.68. The highest BCUT2D eigenvalue weighted by Gasteiger charge is 1.96. The van der Waals surface area contributed by atoms with E-state index in [2.05, 4.69) is 10.5 Å². The monoisotopic (exact) mass is 225 g/mol. The SMILES string of the molecule is N#Cc1ccc(NN=CS(=O)(=O)O)cc1. The van der Waals surface area contributed by atoms with Gasteiger partial charge in [0, 0.05) is 0 Å². The maximum atomic E-state index is 10.2. The number of benzene rings is 1. The third kappa shape index (κ3) is 4.21. The van der Waals surface area contributed by atoms with E-state index in [4.69, 9.17) is 9.81 Å². The van der Waals surface area contributed by atoms with E-state index in [1.165, 1.54) is 0 Å². The van der Waals surface area contributed by atoms with Crippen LogP contribution in [0.2, 0.25) is 0 Å². The van der Waals surface area contributed by atoms with Crippen LogP contribution in [0.4, 0.5) is 5.69 Å². The summed E-state index contributed by atoms with van der Waals surface area (Å²) in [5.74, 6) is 0. The second-order valence-electron chi connectivity index (χ2n) is 2.55. The summed E-state index contributed by atoms with van der Waals surface area (Å²) in [6, 6.07) is 8.14. The molecule has 6 nitrogen and oxygen atoms in total. The number of anilines is 1. The van der Waals surface area contributed by atoms with Gasteiger partial charge in [0.1, 0.15) is 0 Å². The number of rotatable bonds is 3. The van der Waals surface area contributed by atoms with Gasteiger partial charge in [0.15, 0.2) is 5.55 Å². The number of nitrogens with one attached hydrogen (secondary N) is 1. The van der Waals surface area contributed by atoms with E-state index in [1.54, 1.807) is 24.3 Å². The van der Waals surface area contributed by atoms with Crippen molar-refractivity contribution in [3.8, 4) is 6.07 Å². The van der Waals surface area contributed by atoms with Gasteiger partial charge in [-0.25, -0.2) is 0 Å². The van der Waals surface area contributed by atoms with Crippen molar-refractivity contribution in [2.45, 2.75) is 0 Å². The van der Waals surface area contributed by atoms with Crippen LogP contribution in [-0.2, 0) is 10.1 Å². The van der Waals surface area contributed by atoms with E-state index >= 15 is 0 Å². The van der Waals surface area contributed by atoms with Gasteiger partial charge in [0.05, 0.1) is 17.3 Å². The molecule has 0 aromatic heterocycles. The quantitative estimate of drug-likeness (QED) is 0.343. The van der Waals surface area contributed by atoms with Crippen LogP contribution in [-0.4, -0.2) is 18.5 Å². The Bertz CT molecular complexity index is 499. The molecule has 0 heterocycles. The summed E-state index contributed by atoms with van der Waals surface area (Å²) in [6.45, 7) is 0. The number of hydrogen-bond acceptors (Lipinski definition) is 5. The highest BCUT2D eigenvalue weighted by Crippen LogP contribution is 2.08. The molecule has 0 amide bonds. The van der Waals surface area contributed by atoms with Crippen molar-refractivity contribution in [2.24, 2.45) is 5.10 Å². The molecule has 1 aromatic rings. The van der Waals surface area contributed by atoms with Gasteiger partial charge in [0.25, 0.3) is 0 Å². The summed E-state index contributed by atoms with van der Waals surface area (Å²) in [7, 11) is -4.21. The van der Waals surface area contributed by atoms with Gasteiger partial charge in [0.2, 0.25) is 0 Å². The van der Waals surface area contributed by atoms with Gasteiger partial charge in [-0.05, 0) is 24.3 Å². The van der Waals surface area contributed by atoms with Gasteiger partial charge >= 0.3 is 10.1 Å². The number of hydrazone groups is 1. The van der Waals surface area contributed by atoms with Crippen LogP contribution in [0.3, 0.4) is 0 Å². The minimum absolute atomic E-state index is 0.380. The smallest absolute Gasteiger partial charge is 0.281 e. The molecule has 78 valence electrons. The fraction of sp³-hybridized carbons (Fsp3) is 0. The summed E-state index contributed by atoms with van der Waals surface area (Å²) in [4.78, 5) is 0. The second-order valence-corrected chi connectivity index (χ2v) is 3.79. The van der Waals surface area contributed by atoms with Crippen LogP contribution >= 0.6 is 0 Å². The molecule has 0 radical (unpaired) electrons. The first-order valence-corrected chi connectivity index (χ1v) is 5.28. The fourth-order valence-corrected chi connectivity index (χ4v) is 0.973. The minimum atomic E-state index is -4.21. The Morgan fingerprint density at radius 3 is 2.47 bits per heavy atom. The Labute approximate surface area is 86.6 Å². The zero-order valence-corrected chi connectivity index (χ0v) is 8.27. The van der Waals surface area contributed by atoms with Crippen molar-refractivity contribution >= 4 is 21.4 Å². The van der Waals surface area contributed by atoms with E-state index in [0.29, 0.717) is 16.8 Å². The van der Waals surface area contributed by atoms with Gasteiger partial charge in [-0.3, -0.25) is 9.98 Å². The van der Waals surface area contributed by atoms with Crippen LogP contribution in [0.25, 0.3) is 0 Å². The molecule has 0 aliphatic heterocycles. The van der Waals surface area contributed by atoms with E-state index in [1.807, 2.05) is 6.07 Å². The van der Waals surface area contributed by atoms with Crippen molar-refractivity contribution in [3.05, 3.63) is 29.8 Å². The predicted molar refractivity (Wildman–Crippen MR) is 54.8 cm³/mol. The van der Waals surface area contributed by atoms with Crippen molar-refractivity contribution in [1.29, 1.82) is 5.26 Å². The molecule has 0 spiro atoms. The van der Waals surface area contributed by atoms with Gasteiger partial charge in [-0.15, -0.1) is 0 Å². The molecule has 1 aromatic carbocycles. The molecule has 0 saturated heterocycles. The first kappa shape index (κ1) is 11.2. The van der Waals surface area contributed by atoms with E-state index < -0.39 is 10.1 Å². The molecule has 0 atom stereocenters. The van der Waals surface area contributed by atoms with Crippen molar-refractivity contribution in [3.63, 3.8) is 0 Å². The standard InChI is InChI=1S/C8H7N3O3S/c9-5-7-1-3-8(4-2-7)11-10-6-15(12,13)14/h1-4,6,11H,(H,12,13,14). The lowest BCUT2D eigenvalue weighted by Crippen LogP contribution is -2.00. The maximum Gasteiger partial charge on any atom is 0.306 e. The number of hydrogen-bond donors (Lipinski definition) is 2. The van der Waals surface area contributed by atoms with Crippen molar-refractivity contribution in [1.82, 2.24) is 0 Å². The zero-order chi connectivity index (χ0) is 11.3. The Kier molecular flexibility index (Phi) is 3.38. The number of nitrogens with zero attached hydrogens (tertiary/aromatic N) is 2. The third-order valence-electron chi connectivity index (χ3n) is 1.39. The van der Waals surface area contributed by atoms with Crippen LogP contribution < -0.4 is 5.43 Å². The molecular weight excluding hydrogens is 218 g/mol. The van der Waals surface area contributed by atoms with Gasteiger partial charge in [-0.2, -0.15) is 18.8 Å². The zero-order valence-electron chi connectivity index (χ0n) is 7.45. The lowest BCUT2D eigenvalue weighted by Gasteiger charge is -1.98. The van der Waals surface area contributed by atoms with E-state index in [9.17, 15) is 8.42 Å². The average molecular weight is 225 g/mol. The first-order chi connectivity index (χ1) is 7.01. The first-order valence-electron chi connectivity index (χ1n) is 3.78. The highest BCUT2D eigenvalue weighted by atomic mass is 32.2. The van der Waals surface area contributed by atoms with Gasteiger partial charge < -0.3 is 0 Å². The predicted octanol–water partition coefficient (Wildman–Crippen LogP) is 0.801. The molecule has 0 aliphatic carbocycles. The number of nitriles is 1. The normalized spacial score (nSPS) is 11.2. The molecule has 2 N–H and O–H groups in total. The van der Waals surface area contributed by atoms with Crippen molar-refractivity contribution < 1.29 is 13.0 Å². The topological polar surface area (TPSA) is 103 Å².